The van der Waals surface area contributed by atoms with E-state index in [9.17, 15) is 4.79 Å². The zero-order valence-corrected chi connectivity index (χ0v) is 10.4. The van der Waals surface area contributed by atoms with E-state index in [1.54, 1.807) is 6.07 Å². The van der Waals surface area contributed by atoms with E-state index in [-0.39, 0.29) is 24.7 Å². The van der Waals surface area contributed by atoms with Gasteiger partial charge in [-0.05, 0) is 12.1 Å². The second-order valence-corrected chi connectivity index (χ2v) is 3.60. The molecule has 0 unspecified atom stereocenters. The third-order valence-corrected chi connectivity index (χ3v) is 2.20. The zero-order valence-electron chi connectivity index (χ0n) is 8.02. The maximum Gasteiger partial charge on any atom is 0.346 e. The summed E-state index contributed by atoms with van der Waals surface area (Å²) in [5, 5.41) is 9.42. The Bertz CT molecular complexity index is 373. The molecule has 1 aromatic carbocycles. The lowest BCUT2D eigenvalue weighted by molar-refractivity contribution is -0.144. The number of ether oxygens (including phenoxy) is 1. The van der Waals surface area contributed by atoms with Crippen molar-refractivity contribution in [2.75, 3.05) is 6.54 Å². The molecule has 1 aromatic rings. The van der Waals surface area contributed by atoms with Crippen molar-refractivity contribution in [3.05, 3.63) is 28.2 Å². The fourth-order valence-corrected chi connectivity index (χ4v) is 1.24. The van der Waals surface area contributed by atoms with Crippen molar-refractivity contribution in [2.45, 2.75) is 6.10 Å². The molecule has 0 radical (unpaired) electrons. The minimum Gasteiger partial charge on any atom is -0.478 e. The molecule has 0 saturated heterocycles. The van der Waals surface area contributed by atoms with E-state index in [1.165, 1.54) is 12.1 Å². The Labute approximate surface area is 109 Å². The second-order valence-electron chi connectivity index (χ2n) is 2.76. The maximum atomic E-state index is 10.7. The molecule has 0 aliphatic heterocycles. The highest BCUT2D eigenvalue weighted by Crippen LogP contribution is 2.28. The first kappa shape index (κ1) is 15.3. The van der Waals surface area contributed by atoms with Crippen LogP contribution >= 0.6 is 35.6 Å². The molecular weight excluding hydrogens is 276 g/mol. The number of carbonyl (C=O) groups is 1. The lowest BCUT2D eigenvalue weighted by atomic mass is 10.3. The molecule has 0 fully saturated rings. The summed E-state index contributed by atoms with van der Waals surface area (Å²) in [6.45, 7) is -0.141. The van der Waals surface area contributed by atoms with Crippen LogP contribution in [0.15, 0.2) is 18.2 Å². The summed E-state index contributed by atoms with van der Waals surface area (Å²) >= 11 is 11.5. The molecule has 16 heavy (non-hydrogen) atoms. The van der Waals surface area contributed by atoms with Crippen LogP contribution < -0.4 is 10.5 Å². The maximum absolute atomic E-state index is 10.7. The van der Waals surface area contributed by atoms with Crippen LogP contribution in [0.3, 0.4) is 0 Å². The summed E-state index contributed by atoms with van der Waals surface area (Å²) in [6, 6.07) is 4.54. The van der Waals surface area contributed by atoms with Gasteiger partial charge in [0.25, 0.3) is 0 Å². The first-order chi connectivity index (χ1) is 7.04. The lowest BCUT2D eigenvalue weighted by Gasteiger charge is -2.14. The summed E-state index contributed by atoms with van der Waals surface area (Å²) in [6.07, 6.45) is -1.12. The fourth-order valence-electron chi connectivity index (χ4n) is 0.920. The number of nitrogens with two attached hydrogens (primary N) is 1. The second kappa shape index (κ2) is 6.81. The van der Waals surface area contributed by atoms with Crippen LogP contribution in [0, 0.1) is 0 Å². The Morgan fingerprint density at radius 3 is 2.62 bits per heavy atom. The predicted octanol–water partition coefficient (Wildman–Crippen LogP) is 2.21. The van der Waals surface area contributed by atoms with Gasteiger partial charge in [-0.25, -0.2) is 4.79 Å². The van der Waals surface area contributed by atoms with Gasteiger partial charge in [-0.1, -0.05) is 23.2 Å². The normalized spacial score (nSPS) is 11.4. The highest BCUT2D eigenvalue weighted by atomic mass is 35.5. The summed E-state index contributed by atoms with van der Waals surface area (Å²) in [5.74, 6) is -0.935. The van der Waals surface area contributed by atoms with Gasteiger partial charge in [0.2, 0.25) is 6.10 Å². The van der Waals surface area contributed by atoms with Gasteiger partial charge in [0.05, 0.1) is 5.02 Å². The number of halogens is 3. The quantitative estimate of drug-likeness (QED) is 0.890. The number of hydrogen-bond acceptors (Lipinski definition) is 3. The molecule has 7 heteroatoms. The van der Waals surface area contributed by atoms with Crippen molar-refractivity contribution in [2.24, 2.45) is 5.73 Å². The molecule has 0 saturated carbocycles. The number of carboxylic acids is 1. The van der Waals surface area contributed by atoms with Gasteiger partial charge in [0, 0.05) is 17.6 Å². The Morgan fingerprint density at radius 1 is 1.50 bits per heavy atom. The molecular formula is C9H10Cl3NO3. The predicted molar refractivity (Wildman–Crippen MR) is 64.8 cm³/mol. The molecule has 1 rings (SSSR count). The Kier molecular flexibility index (Phi) is 6.52. The highest BCUT2D eigenvalue weighted by molar-refractivity contribution is 6.34. The average Bonchev–Trinajstić information content (AvgIpc) is 2.18. The van der Waals surface area contributed by atoms with Crippen LogP contribution in [0.1, 0.15) is 0 Å². The standard InChI is InChI=1S/C9H9Cl2NO3.ClH/c10-5-1-2-6(11)7(3-5)15-8(4-12)9(13)14;/h1-3,8H,4,12H2,(H,13,14);1H/t8-;/m0./s1. The largest absolute Gasteiger partial charge is 0.478 e. The third kappa shape index (κ3) is 4.06. The molecule has 1 atom stereocenters. The van der Waals surface area contributed by atoms with E-state index in [0.717, 1.165) is 0 Å². The number of carboxylic acid groups (broad SMARTS) is 1. The van der Waals surface area contributed by atoms with E-state index < -0.39 is 12.1 Å². The Balaban J connectivity index is 0.00000225. The molecule has 0 amide bonds. The van der Waals surface area contributed by atoms with Crippen molar-refractivity contribution >= 4 is 41.6 Å². The van der Waals surface area contributed by atoms with Gasteiger partial charge >= 0.3 is 5.97 Å². The molecule has 0 heterocycles. The minimum atomic E-state index is -1.14. The van der Waals surface area contributed by atoms with E-state index in [2.05, 4.69) is 0 Å². The van der Waals surface area contributed by atoms with E-state index in [4.69, 9.17) is 38.8 Å². The molecule has 0 aliphatic rings. The topological polar surface area (TPSA) is 72.5 Å². The van der Waals surface area contributed by atoms with Crippen molar-refractivity contribution in [3.8, 4) is 5.75 Å². The lowest BCUT2D eigenvalue weighted by Crippen LogP contribution is -2.34. The Morgan fingerprint density at radius 2 is 2.12 bits per heavy atom. The van der Waals surface area contributed by atoms with Crippen LogP contribution in [-0.2, 0) is 4.79 Å². The van der Waals surface area contributed by atoms with Crippen molar-refractivity contribution in [3.63, 3.8) is 0 Å². The first-order valence-corrected chi connectivity index (χ1v) is 4.84. The number of benzene rings is 1. The third-order valence-electron chi connectivity index (χ3n) is 1.65. The van der Waals surface area contributed by atoms with Crippen molar-refractivity contribution < 1.29 is 14.6 Å². The van der Waals surface area contributed by atoms with E-state index >= 15 is 0 Å². The van der Waals surface area contributed by atoms with E-state index in [1.807, 2.05) is 0 Å². The van der Waals surface area contributed by atoms with Gasteiger partial charge in [-0.3, -0.25) is 0 Å². The van der Waals surface area contributed by atoms with Gasteiger partial charge in [0.1, 0.15) is 5.75 Å². The molecule has 0 bridgehead atoms. The van der Waals surface area contributed by atoms with Crippen molar-refractivity contribution in [1.82, 2.24) is 0 Å². The molecule has 90 valence electrons. The summed E-state index contributed by atoms with van der Waals surface area (Å²) in [5.41, 5.74) is 5.23. The SMILES string of the molecule is Cl.NC[C@H](Oc1cc(Cl)ccc1Cl)C(=O)O. The molecule has 0 aliphatic carbocycles. The van der Waals surface area contributed by atoms with Crippen LogP contribution in [0.4, 0.5) is 0 Å². The minimum absolute atomic E-state index is 0. The van der Waals surface area contributed by atoms with Crippen molar-refractivity contribution in [1.29, 1.82) is 0 Å². The van der Waals surface area contributed by atoms with Gasteiger partial charge in [-0.2, -0.15) is 0 Å². The van der Waals surface area contributed by atoms with Gasteiger partial charge < -0.3 is 15.6 Å². The summed E-state index contributed by atoms with van der Waals surface area (Å²) in [7, 11) is 0. The smallest absolute Gasteiger partial charge is 0.346 e. The monoisotopic (exact) mass is 285 g/mol. The van der Waals surface area contributed by atoms with Crippen LogP contribution in [0.5, 0.6) is 5.75 Å². The Hall–Kier alpha value is -0.680. The number of aliphatic carboxylic acids is 1. The fraction of sp³-hybridized carbons (Fsp3) is 0.222. The zero-order chi connectivity index (χ0) is 11.4. The van der Waals surface area contributed by atoms with Gasteiger partial charge in [0.15, 0.2) is 0 Å². The average molecular weight is 287 g/mol. The molecule has 0 spiro atoms. The molecule has 4 nitrogen and oxygen atoms in total. The van der Waals surface area contributed by atoms with Crippen LogP contribution in [-0.4, -0.2) is 23.7 Å². The summed E-state index contributed by atoms with van der Waals surface area (Å²) in [4.78, 5) is 10.7. The van der Waals surface area contributed by atoms with Gasteiger partial charge in [-0.15, -0.1) is 12.4 Å². The first-order valence-electron chi connectivity index (χ1n) is 4.09. The summed E-state index contributed by atoms with van der Waals surface area (Å²) < 4.78 is 5.10. The highest BCUT2D eigenvalue weighted by Gasteiger charge is 2.18. The molecule has 3 N–H and O–H groups in total. The number of hydrogen-bond donors (Lipinski definition) is 2. The van der Waals surface area contributed by atoms with Crippen LogP contribution in [0.25, 0.3) is 0 Å². The van der Waals surface area contributed by atoms with E-state index in [0.29, 0.717) is 10.0 Å². The number of rotatable bonds is 4. The van der Waals surface area contributed by atoms with Crippen LogP contribution in [0.2, 0.25) is 10.0 Å². The molecule has 0 aromatic heterocycles.